The Morgan fingerprint density at radius 2 is 1.50 bits per heavy atom. The molecule has 2 aliphatic heterocycles. The number of fused-ring (bicyclic) bond motifs is 7. The van der Waals surface area contributed by atoms with Gasteiger partial charge in [0.1, 0.15) is 0 Å². The van der Waals surface area contributed by atoms with Crippen molar-refractivity contribution in [3.05, 3.63) is 0 Å². The lowest BCUT2D eigenvalue weighted by Gasteiger charge is -2.61. The van der Waals surface area contributed by atoms with Crippen molar-refractivity contribution in [3.63, 3.8) is 0 Å². The molecule has 0 bridgehead atoms. The van der Waals surface area contributed by atoms with Crippen molar-refractivity contribution < 1.29 is 9.47 Å². The molecular weight excluding hydrogens is 368 g/mol. The minimum Gasteiger partial charge on any atom is -0.349 e. The molecule has 12 atom stereocenters. The molecule has 4 saturated carbocycles. The molecule has 170 valence electrons. The second-order valence-electron chi connectivity index (χ2n) is 13.6. The zero-order valence-corrected chi connectivity index (χ0v) is 20.3. The van der Waals surface area contributed by atoms with Crippen LogP contribution in [0.4, 0.5) is 0 Å². The average molecular weight is 415 g/mol. The van der Waals surface area contributed by atoms with Gasteiger partial charge in [-0.05, 0) is 104 Å². The summed E-state index contributed by atoms with van der Waals surface area (Å²) < 4.78 is 13.4. The molecular formula is C28H46O2. The summed E-state index contributed by atoms with van der Waals surface area (Å²) in [7, 11) is 0. The van der Waals surface area contributed by atoms with E-state index in [9.17, 15) is 0 Å². The van der Waals surface area contributed by atoms with Gasteiger partial charge in [-0.25, -0.2) is 0 Å². The highest BCUT2D eigenvalue weighted by Gasteiger charge is 2.69. The average Bonchev–Trinajstić information content (AvgIpc) is 3.16. The summed E-state index contributed by atoms with van der Waals surface area (Å²) in [5.74, 6) is 6.52. The first-order chi connectivity index (χ1) is 14.3. The Kier molecular flexibility index (Phi) is 4.60. The van der Waals surface area contributed by atoms with Crippen LogP contribution in [0, 0.1) is 58.2 Å². The molecule has 0 aromatic heterocycles. The fraction of sp³-hybridized carbons (Fsp3) is 1.00. The summed E-state index contributed by atoms with van der Waals surface area (Å²) >= 11 is 0. The third-order valence-corrected chi connectivity index (χ3v) is 12.2. The van der Waals surface area contributed by atoms with Gasteiger partial charge in [0.25, 0.3) is 0 Å². The minimum absolute atomic E-state index is 0.254. The number of hydrogen-bond donors (Lipinski definition) is 0. The van der Waals surface area contributed by atoms with Gasteiger partial charge in [0, 0.05) is 12.3 Å². The van der Waals surface area contributed by atoms with Crippen molar-refractivity contribution in [3.8, 4) is 0 Å². The van der Waals surface area contributed by atoms with Crippen molar-refractivity contribution in [1.29, 1.82) is 0 Å². The fourth-order valence-corrected chi connectivity index (χ4v) is 10.5. The van der Waals surface area contributed by atoms with Crippen LogP contribution >= 0.6 is 0 Å². The normalized spacial score (nSPS) is 62.5. The van der Waals surface area contributed by atoms with E-state index < -0.39 is 0 Å². The molecule has 6 rings (SSSR count). The van der Waals surface area contributed by atoms with Gasteiger partial charge in [-0.1, -0.05) is 41.0 Å². The molecule has 6 aliphatic rings. The third kappa shape index (κ3) is 2.62. The molecule has 2 saturated heterocycles. The summed E-state index contributed by atoms with van der Waals surface area (Å²) in [5.41, 5.74) is 1.11. The van der Waals surface area contributed by atoms with E-state index in [1.807, 2.05) is 0 Å². The Morgan fingerprint density at radius 1 is 0.733 bits per heavy atom. The molecule has 6 fully saturated rings. The van der Waals surface area contributed by atoms with Crippen LogP contribution < -0.4 is 0 Å². The maximum absolute atomic E-state index is 6.93. The first kappa shape index (κ1) is 20.5. The van der Waals surface area contributed by atoms with Gasteiger partial charge in [0.05, 0.1) is 12.7 Å². The van der Waals surface area contributed by atoms with Crippen molar-refractivity contribution in [2.45, 2.75) is 111 Å². The molecule has 2 heterocycles. The van der Waals surface area contributed by atoms with Crippen LogP contribution in [0.15, 0.2) is 0 Å². The zero-order valence-electron chi connectivity index (χ0n) is 20.3. The highest BCUT2D eigenvalue weighted by molar-refractivity contribution is 5.15. The number of rotatable bonds is 0. The monoisotopic (exact) mass is 414 g/mol. The SMILES string of the molecule is CC1CC[C@@]2(OC1)O[C@H]1C[C@H]3[C@@H]4CC[C@H]5C[C@H](C)CC[C@]5(C)[C@H]4CC[C@]3(C)[C@H]1[C@@H]2C. The number of ether oxygens (including phenoxy) is 2. The van der Waals surface area contributed by atoms with Crippen LogP contribution in [0.3, 0.4) is 0 Å². The van der Waals surface area contributed by atoms with Crippen LogP contribution in [0.1, 0.15) is 98.8 Å². The Balaban J connectivity index is 1.26. The number of hydrogen-bond acceptors (Lipinski definition) is 2. The molecule has 0 aromatic rings. The van der Waals surface area contributed by atoms with Gasteiger partial charge in [0.2, 0.25) is 0 Å². The van der Waals surface area contributed by atoms with E-state index >= 15 is 0 Å². The van der Waals surface area contributed by atoms with E-state index in [1.54, 1.807) is 0 Å². The summed E-state index contributed by atoms with van der Waals surface area (Å²) in [6, 6.07) is 0. The maximum Gasteiger partial charge on any atom is 0.171 e. The first-order valence-corrected chi connectivity index (χ1v) is 13.6. The largest absolute Gasteiger partial charge is 0.349 e. The molecule has 1 unspecified atom stereocenters. The standard InChI is InChI=1S/C28H46O2/c1-17-8-11-26(4)20(14-17)6-7-21-22(26)10-12-27(5)23(21)15-24-25(27)19(3)28(30-24)13-9-18(2)16-29-28/h17-25H,6-16H2,1-5H3/t17-,18?,19+,20+,21-,22+,23+,24+,25+,26+,27+,28-/m1/s1. The van der Waals surface area contributed by atoms with E-state index in [1.165, 1.54) is 57.8 Å². The summed E-state index contributed by atoms with van der Waals surface area (Å²) in [4.78, 5) is 0. The Bertz CT molecular complexity index is 680. The molecule has 0 radical (unpaired) electrons. The van der Waals surface area contributed by atoms with Gasteiger partial charge < -0.3 is 9.47 Å². The van der Waals surface area contributed by atoms with Crippen molar-refractivity contribution >= 4 is 0 Å². The highest BCUT2D eigenvalue weighted by atomic mass is 16.7. The Hall–Kier alpha value is -0.0800. The Labute approximate surface area is 185 Å². The van der Waals surface area contributed by atoms with E-state index in [0.29, 0.717) is 34.7 Å². The fourth-order valence-electron chi connectivity index (χ4n) is 10.5. The van der Waals surface area contributed by atoms with E-state index in [4.69, 9.17) is 9.47 Å². The summed E-state index contributed by atoms with van der Waals surface area (Å²) in [5, 5.41) is 0. The van der Waals surface area contributed by atoms with E-state index in [2.05, 4.69) is 34.6 Å². The van der Waals surface area contributed by atoms with Crippen LogP contribution in [-0.4, -0.2) is 18.5 Å². The lowest BCUT2D eigenvalue weighted by molar-refractivity contribution is -0.273. The molecule has 0 amide bonds. The van der Waals surface area contributed by atoms with Crippen molar-refractivity contribution in [1.82, 2.24) is 0 Å². The molecule has 1 spiro atoms. The molecule has 2 nitrogen and oxygen atoms in total. The lowest BCUT2D eigenvalue weighted by atomic mass is 9.44. The third-order valence-electron chi connectivity index (χ3n) is 12.2. The van der Waals surface area contributed by atoms with E-state index in [-0.39, 0.29) is 5.79 Å². The molecule has 30 heavy (non-hydrogen) atoms. The van der Waals surface area contributed by atoms with Crippen LogP contribution in [-0.2, 0) is 9.47 Å². The minimum atomic E-state index is -0.254. The van der Waals surface area contributed by atoms with Crippen molar-refractivity contribution in [2.75, 3.05) is 6.61 Å². The highest BCUT2D eigenvalue weighted by Crippen LogP contribution is 2.71. The maximum atomic E-state index is 6.93. The summed E-state index contributed by atoms with van der Waals surface area (Å²) in [6.07, 6.45) is 14.6. The molecule has 4 aliphatic carbocycles. The van der Waals surface area contributed by atoms with Gasteiger partial charge in [-0.3, -0.25) is 0 Å². The molecule has 0 N–H and O–H groups in total. The zero-order chi connectivity index (χ0) is 20.9. The van der Waals surface area contributed by atoms with Crippen LogP contribution in [0.2, 0.25) is 0 Å². The Morgan fingerprint density at radius 3 is 2.27 bits per heavy atom. The predicted octanol–water partition coefficient (Wildman–Crippen LogP) is 7.07. The molecule has 0 aromatic carbocycles. The predicted molar refractivity (Wildman–Crippen MR) is 121 cm³/mol. The van der Waals surface area contributed by atoms with Gasteiger partial charge in [-0.2, -0.15) is 0 Å². The van der Waals surface area contributed by atoms with Crippen LogP contribution in [0.25, 0.3) is 0 Å². The topological polar surface area (TPSA) is 18.5 Å². The van der Waals surface area contributed by atoms with E-state index in [0.717, 1.165) is 42.6 Å². The van der Waals surface area contributed by atoms with Crippen molar-refractivity contribution in [2.24, 2.45) is 58.2 Å². The quantitative estimate of drug-likeness (QED) is 0.422. The van der Waals surface area contributed by atoms with Gasteiger partial charge in [0.15, 0.2) is 5.79 Å². The lowest BCUT2D eigenvalue weighted by Crippen LogP contribution is -2.54. The smallest absolute Gasteiger partial charge is 0.171 e. The second kappa shape index (κ2) is 6.72. The second-order valence-corrected chi connectivity index (χ2v) is 13.6. The first-order valence-electron chi connectivity index (χ1n) is 13.6. The van der Waals surface area contributed by atoms with Gasteiger partial charge >= 0.3 is 0 Å². The van der Waals surface area contributed by atoms with Crippen LogP contribution in [0.5, 0.6) is 0 Å². The van der Waals surface area contributed by atoms with Gasteiger partial charge in [-0.15, -0.1) is 0 Å². The molecule has 2 heteroatoms. The summed E-state index contributed by atoms with van der Waals surface area (Å²) in [6.45, 7) is 13.6.